The zero-order valence-electron chi connectivity index (χ0n) is 11.3. The number of carbonyl (C=O) groups is 2. The van der Waals surface area contributed by atoms with Gasteiger partial charge in [-0.25, -0.2) is 4.79 Å². The molecule has 0 saturated heterocycles. The second kappa shape index (κ2) is 6.56. The number of nitrogens with one attached hydrogen (secondary N) is 1. The van der Waals surface area contributed by atoms with Crippen LogP contribution in [0.3, 0.4) is 0 Å². The molecule has 106 valence electrons. The minimum absolute atomic E-state index is 0.241. The van der Waals surface area contributed by atoms with Crippen LogP contribution in [0.1, 0.15) is 32.8 Å². The van der Waals surface area contributed by atoms with E-state index in [-0.39, 0.29) is 6.42 Å². The Balaban J connectivity index is 2.59. The van der Waals surface area contributed by atoms with E-state index < -0.39 is 23.7 Å². The highest BCUT2D eigenvalue weighted by molar-refractivity contribution is 7.07. The minimum atomic E-state index is -1.20. The summed E-state index contributed by atoms with van der Waals surface area (Å²) in [6.45, 7) is 5.25. The first-order valence-corrected chi connectivity index (χ1v) is 6.91. The van der Waals surface area contributed by atoms with Crippen molar-refractivity contribution < 1.29 is 19.4 Å². The van der Waals surface area contributed by atoms with E-state index in [0.29, 0.717) is 6.42 Å². The van der Waals surface area contributed by atoms with E-state index in [0.717, 1.165) is 5.56 Å². The summed E-state index contributed by atoms with van der Waals surface area (Å²) in [6, 6.07) is 1.36. The molecule has 19 heavy (non-hydrogen) atoms. The maximum Gasteiger partial charge on any atom is 0.407 e. The molecule has 0 aliphatic rings. The van der Waals surface area contributed by atoms with Gasteiger partial charge in [-0.3, -0.25) is 0 Å². The van der Waals surface area contributed by atoms with Gasteiger partial charge in [0.05, 0.1) is 0 Å². The van der Waals surface area contributed by atoms with E-state index in [1.54, 1.807) is 20.8 Å². The fourth-order valence-corrected chi connectivity index (χ4v) is 2.22. The Bertz CT molecular complexity index is 422. The molecular weight excluding hydrogens is 266 g/mol. The molecule has 5 nitrogen and oxygen atoms in total. The SMILES string of the molecule is CC(C)(C)OC(=O)N[C@H](CC(=O)[O-])Cc1ccsc1. The number of alkyl carbamates (subject to hydrolysis) is 1. The summed E-state index contributed by atoms with van der Waals surface area (Å²) in [5.74, 6) is -1.20. The summed E-state index contributed by atoms with van der Waals surface area (Å²) in [6.07, 6.45) is -0.416. The van der Waals surface area contributed by atoms with E-state index in [4.69, 9.17) is 4.74 Å². The van der Waals surface area contributed by atoms with Crippen molar-refractivity contribution in [1.29, 1.82) is 0 Å². The highest BCUT2D eigenvalue weighted by Gasteiger charge is 2.20. The van der Waals surface area contributed by atoms with Gasteiger partial charge in [0.25, 0.3) is 0 Å². The van der Waals surface area contributed by atoms with Crippen molar-refractivity contribution in [3.05, 3.63) is 22.4 Å². The van der Waals surface area contributed by atoms with E-state index in [1.807, 2.05) is 16.8 Å². The number of carbonyl (C=O) groups excluding carboxylic acids is 2. The summed E-state index contributed by atoms with van der Waals surface area (Å²) in [5.41, 5.74) is 0.366. The number of thiophene rings is 1. The predicted octanol–water partition coefficient (Wildman–Crippen LogP) is 1.32. The third-order valence-electron chi connectivity index (χ3n) is 2.20. The zero-order valence-corrected chi connectivity index (χ0v) is 12.1. The van der Waals surface area contributed by atoms with Crippen LogP contribution < -0.4 is 10.4 Å². The van der Waals surface area contributed by atoms with Crippen LogP contribution in [-0.4, -0.2) is 23.7 Å². The van der Waals surface area contributed by atoms with Crippen molar-refractivity contribution >= 4 is 23.4 Å². The standard InChI is InChI=1S/C13H19NO4S/c1-13(2,3)18-12(17)14-10(7-11(15)16)6-9-4-5-19-8-9/h4-5,8,10H,6-7H2,1-3H3,(H,14,17)(H,15,16)/p-1/t10-/m0/s1. The maximum absolute atomic E-state index is 11.6. The lowest BCUT2D eigenvalue weighted by Gasteiger charge is -2.23. The molecule has 0 aromatic carbocycles. The van der Waals surface area contributed by atoms with Gasteiger partial charge in [0.1, 0.15) is 5.60 Å². The van der Waals surface area contributed by atoms with Crippen LogP contribution in [0.5, 0.6) is 0 Å². The van der Waals surface area contributed by atoms with Gasteiger partial charge in [0.2, 0.25) is 0 Å². The number of rotatable bonds is 5. The minimum Gasteiger partial charge on any atom is -0.550 e. The van der Waals surface area contributed by atoms with Crippen molar-refractivity contribution in [1.82, 2.24) is 5.32 Å². The Morgan fingerprint density at radius 3 is 2.63 bits per heavy atom. The molecule has 0 fully saturated rings. The van der Waals surface area contributed by atoms with Gasteiger partial charge in [-0.2, -0.15) is 11.3 Å². The second-order valence-corrected chi connectivity index (χ2v) is 6.04. The van der Waals surface area contributed by atoms with E-state index >= 15 is 0 Å². The number of carboxylic acid groups (broad SMARTS) is 1. The monoisotopic (exact) mass is 284 g/mol. The third-order valence-corrected chi connectivity index (χ3v) is 2.93. The zero-order chi connectivity index (χ0) is 14.5. The van der Waals surface area contributed by atoms with Crippen LogP contribution in [0.15, 0.2) is 16.8 Å². The number of hydrogen-bond donors (Lipinski definition) is 1. The molecule has 0 radical (unpaired) electrons. The Morgan fingerprint density at radius 1 is 1.47 bits per heavy atom. The summed E-state index contributed by atoms with van der Waals surface area (Å²) >= 11 is 1.52. The first-order valence-electron chi connectivity index (χ1n) is 5.96. The van der Waals surface area contributed by atoms with E-state index in [2.05, 4.69) is 5.32 Å². The molecule has 1 heterocycles. The number of aliphatic carboxylic acids is 1. The van der Waals surface area contributed by atoms with Crippen molar-refractivity contribution in [2.75, 3.05) is 0 Å². The van der Waals surface area contributed by atoms with Crippen molar-refractivity contribution in [3.63, 3.8) is 0 Å². The van der Waals surface area contributed by atoms with Gasteiger partial charge < -0.3 is 20.0 Å². The van der Waals surface area contributed by atoms with Gasteiger partial charge >= 0.3 is 6.09 Å². The topological polar surface area (TPSA) is 78.5 Å². The number of ether oxygens (including phenoxy) is 1. The lowest BCUT2D eigenvalue weighted by atomic mass is 10.1. The maximum atomic E-state index is 11.6. The lowest BCUT2D eigenvalue weighted by Crippen LogP contribution is -2.43. The Labute approximate surface area is 116 Å². The molecule has 1 aromatic rings. The quantitative estimate of drug-likeness (QED) is 0.884. The van der Waals surface area contributed by atoms with Gasteiger partial charge in [0, 0.05) is 18.4 Å². The Hall–Kier alpha value is -1.56. The molecular formula is C13H18NO4S-. The van der Waals surface area contributed by atoms with E-state index in [1.165, 1.54) is 11.3 Å². The molecule has 1 rings (SSSR count). The largest absolute Gasteiger partial charge is 0.550 e. The summed E-state index contributed by atoms with van der Waals surface area (Å²) in [7, 11) is 0. The molecule has 1 aromatic heterocycles. The number of carboxylic acids is 1. The lowest BCUT2D eigenvalue weighted by molar-refractivity contribution is -0.306. The van der Waals surface area contributed by atoms with Gasteiger partial charge in [0.15, 0.2) is 0 Å². The fourth-order valence-electron chi connectivity index (χ4n) is 1.54. The average molecular weight is 284 g/mol. The van der Waals surface area contributed by atoms with Crippen LogP contribution >= 0.6 is 11.3 Å². The van der Waals surface area contributed by atoms with Crippen LogP contribution in [0.4, 0.5) is 4.79 Å². The molecule has 6 heteroatoms. The predicted molar refractivity (Wildman–Crippen MR) is 70.8 cm³/mol. The Kier molecular flexibility index (Phi) is 5.35. The molecule has 1 N–H and O–H groups in total. The third kappa shape index (κ3) is 6.81. The smallest absolute Gasteiger partial charge is 0.407 e. The van der Waals surface area contributed by atoms with Gasteiger partial charge in [-0.1, -0.05) is 0 Å². The fraction of sp³-hybridized carbons (Fsp3) is 0.538. The van der Waals surface area contributed by atoms with E-state index in [9.17, 15) is 14.7 Å². The molecule has 0 spiro atoms. The van der Waals surface area contributed by atoms with Gasteiger partial charge in [-0.15, -0.1) is 0 Å². The molecule has 1 amide bonds. The number of amides is 1. The summed E-state index contributed by atoms with van der Waals surface area (Å²) < 4.78 is 5.11. The molecule has 0 saturated carbocycles. The average Bonchev–Trinajstić information content (AvgIpc) is 2.65. The van der Waals surface area contributed by atoms with Gasteiger partial charge in [-0.05, 0) is 49.6 Å². The van der Waals surface area contributed by atoms with Crippen molar-refractivity contribution in [3.8, 4) is 0 Å². The van der Waals surface area contributed by atoms with Crippen LogP contribution in [-0.2, 0) is 16.0 Å². The molecule has 0 bridgehead atoms. The molecule has 0 aliphatic carbocycles. The van der Waals surface area contributed by atoms with Crippen LogP contribution in [0.2, 0.25) is 0 Å². The molecule has 0 aliphatic heterocycles. The van der Waals surface area contributed by atoms with Crippen LogP contribution in [0.25, 0.3) is 0 Å². The number of hydrogen-bond acceptors (Lipinski definition) is 5. The summed E-state index contributed by atoms with van der Waals surface area (Å²) in [5, 5.41) is 17.1. The molecule has 1 atom stereocenters. The first kappa shape index (κ1) is 15.5. The second-order valence-electron chi connectivity index (χ2n) is 5.26. The first-order chi connectivity index (χ1) is 8.76. The normalized spacial score (nSPS) is 12.8. The van der Waals surface area contributed by atoms with Crippen LogP contribution in [0, 0.1) is 0 Å². The highest BCUT2D eigenvalue weighted by atomic mass is 32.1. The summed E-state index contributed by atoms with van der Waals surface area (Å²) in [4.78, 5) is 22.3. The molecule has 0 unspecified atom stereocenters. The highest BCUT2D eigenvalue weighted by Crippen LogP contribution is 2.12. The van der Waals surface area contributed by atoms with Crippen molar-refractivity contribution in [2.24, 2.45) is 0 Å². The van der Waals surface area contributed by atoms with Crippen molar-refractivity contribution in [2.45, 2.75) is 45.3 Å². The Morgan fingerprint density at radius 2 is 2.16 bits per heavy atom.